The number of hydrogen-bond acceptors (Lipinski definition) is 5. The van der Waals surface area contributed by atoms with Crippen LogP contribution in [0.2, 0.25) is 13.1 Å². The number of benzene rings is 10. The van der Waals surface area contributed by atoms with E-state index in [-0.39, 0.29) is 13.7 Å². The molecule has 0 atom stereocenters. The van der Waals surface area contributed by atoms with Gasteiger partial charge >= 0.3 is 13.7 Å². The summed E-state index contributed by atoms with van der Waals surface area (Å²) in [5.74, 6) is 0. The molecule has 338 valence electrons. The smallest absolute Gasteiger partial charge is 0.333 e. The predicted octanol–water partition coefficient (Wildman–Crippen LogP) is 12.6. The van der Waals surface area contributed by atoms with Crippen LogP contribution in [0.15, 0.2) is 222 Å². The van der Waals surface area contributed by atoms with Crippen molar-refractivity contribution in [2.24, 2.45) is 0 Å². The molecule has 0 saturated heterocycles. The normalized spacial score (nSPS) is 15.1. The van der Waals surface area contributed by atoms with Gasteiger partial charge in [-0.2, -0.15) is 0 Å². The first-order valence-electron chi connectivity index (χ1n) is 25.4. The number of anilines is 10. The first kappa shape index (κ1) is 40.8. The lowest BCUT2D eigenvalue weighted by atomic mass is 9.43. The Morgan fingerprint density at radius 3 is 1.64 bits per heavy atom. The van der Waals surface area contributed by atoms with Crippen LogP contribution in [-0.2, 0) is 6.42 Å². The summed E-state index contributed by atoms with van der Waals surface area (Å²) in [6.07, 6.45) is 0.799. The van der Waals surface area contributed by atoms with E-state index in [9.17, 15) is 0 Å². The Morgan fingerprint density at radius 2 is 0.944 bits per heavy atom. The molecule has 8 heteroatoms. The summed E-state index contributed by atoms with van der Waals surface area (Å²) in [5.41, 5.74) is 27.4. The van der Waals surface area contributed by atoms with Gasteiger partial charge in [0.25, 0.3) is 0 Å². The maximum Gasteiger partial charge on any atom is 0.333 e. The highest BCUT2D eigenvalue weighted by molar-refractivity contribution is 7.99. The number of hydrogen-bond donors (Lipinski definition) is 0. The van der Waals surface area contributed by atoms with Crippen molar-refractivity contribution in [1.29, 1.82) is 0 Å². The van der Waals surface area contributed by atoms with Crippen molar-refractivity contribution in [2.45, 2.75) is 36.2 Å². The third kappa shape index (κ3) is 5.46. The Kier molecular flexibility index (Phi) is 8.40. The van der Waals surface area contributed by atoms with Crippen LogP contribution in [-0.4, -0.2) is 21.8 Å². The molecule has 0 aromatic heterocycles. The van der Waals surface area contributed by atoms with E-state index in [1.165, 1.54) is 138 Å². The predicted molar refractivity (Wildman–Crippen MR) is 309 cm³/mol. The molecule has 0 radical (unpaired) electrons. The lowest BCUT2D eigenvalue weighted by Gasteiger charge is -2.51. The molecule has 4 nitrogen and oxygen atoms in total. The molecular formula is C64H46B2N4SSi. The largest absolute Gasteiger partial charge is 0.377 e. The molecule has 0 saturated carbocycles. The molecule has 0 aliphatic carbocycles. The maximum absolute atomic E-state index is 2.78. The third-order valence-electron chi connectivity index (χ3n) is 16.6. The van der Waals surface area contributed by atoms with Crippen molar-refractivity contribution in [1.82, 2.24) is 0 Å². The van der Waals surface area contributed by atoms with Crippen molar-refractivity contribution in [3.63, 3.8) is 0 Å². The van der Waals surface area contributed by atoms with E-state index in [2.05, 4.69) is 252 Å². The zero-order chi connectivity index (χ0) is 47.6. The first-order valence-corrected chi connectivity index (χ1v) is 29.2. The highest BCUT2D eigenvalue weighted by Crippen LogP contribution is 2.56. The fraction of sp³-hybridized carbons (Fsp3) is 0.0625. The van der Waals surface area contributed by atoms with Crippen molar-refractivity contribution < 1.29 is 0 Å². The number of rotatable bonds is 4. The number of para-hydroxylation sites is 7. The highest BCUT2D eigenvalue weighted by Gasteiger charge is 2.51. The van der Waals surface area contributed by atoms with Gasteiger partial charge in [-0.05, 0) is 146 Å². The summed E-state index contributed by atoms with van der Waals surface area (Å²) >= 11 is 1.90. The van der Waals surface area contributed by atoms with E-state index in [0.29, 0.717) is 0 Å². The molecule has 16 rings (SSSR count). The zero-order valence-electron chi connectivity index (χ0n) is 40.3. The van der Waals surface area contributed by atoms with Crippen molar-refractivity contribution in [2.75, 3.05) is 19.4 Å². The summed E-state index contributed by atoms with van der Waals surface area (Å²) in [7, 11) is -2.19. The van der Waals surface area contributed by atoms with Crippen LogP contribution in [0.4, 0.5) is 56.9 Å². The van der Waals surface area contributed by atoms with Gasteiger partial charge in [0.2, 0.25) is 0 Å². The standard InChI is InChI=1S/C64H46B2N4SSi/c1-40-34-47-46-23-17-31-60-64(46)70(66-50-25-11-12-26-51(50)67(55(35-40)61(47)66)43-18-6-4-7-19-43)54-38-41(32-33-59(54)72(60,2)3)36-42-37-48-45-22-16-30-58-63(45)69(53-28-14-15-29-57(53)71-58)65-49-24-10-13-27-52(49)68(56(39-42)62(48)65)44-20-8-5-9-21-44/h4-35,37-39H,36H2,1-3H3. The molecule has 6 heterocycles. The van der Waals surface area contributed by atoms with E-state index in [0.717, 1.165) is 6.42 Å². The quantitative estimate of drug-likeness (QED) is 0.163. The monoisotopic (exact) mass is 952 g/mol. The van der Waals surface area contributed by atoms with Crippen LogP contribution in [0, 0.1) is 6.92 Å². The maximum atomic E-state index is 2.78. The summed E-state index contributed by atoms with van der Waals surface area (Å²) in [5, 5.41) is 3.02. The van der Waals surface area contributed by atoms with Gasteiger partial charge in [-0.3, -0.25) is 0 Å². The van der Waals surface area contributed by atoms with E-state index >= 15 is 0 Å². The topological polar surface area (TPSA) is 13.0 Å². The van der Waals surface area contributed by atoms with E-state index < -0.39 is 8.07 Å². The van der Waals surface area contributed by atoms with Crippen LogP contribution in [0.5, 0.6) is 0 Å². The van der Waals surface area contributed by atoms with Crippen LogP contribution in [0.3, 0.4) is 0 Å². The molecule has 10 aromatic rings. The highest BCUT2D eigenvalue weighted by atomic mass is 32.2. The molecule has 6 aliphatic heterocycles. The van der Waals surface area contributed by atoms with Crippen molar-refractivity contribution in [3.05, 3.63) is 229 Å². The number of nitrogens with zero attached hydrogens (tertiary/aromatic N) is 4. The van der Waals surface area contributed by atoms with E-state index in [4.69, 9.17) is 0 Å². The third-order valence-corrected chi connectivity index (χ3v) is 21.2. The molecule has 0 unspecified atom stereocenters. The SMILES string of the molecule is Cc1cc2c3c(c1)N(c1ccccc1)c1ccccc1B3N1c3cc(Cc4cc5c6c(c4)N(c4ccccc4)c4ccccc4B6N4c6ccccc6Sc6cccc-5c64)ccc3[Si](C)(C)c3cccc-2c31. The molecular weight excluding hydrogens is 907 g/mol. The molecule has 0 spiro atoms. The van der Waals surface area contributed by atoms with Crippen molar-refractivity contribution >= 4 is 123 Å². The van der Waals surface area contributed by atoms with Gasteiger partial charge in [-0.25, -0.2) is 0 Å². The second-order valence-corrected chi connectivity index (χ2v) is 26.3. The van der Waals surface area contributed by atoms with Crippen LogP contribution >= 0.6 is 11.8 Å². The van der Waals surface area contributed by atoms with Crippen LogP contribution in [0.25, 0.3) is 22.3 Å². The lowest BCUT2D eigenvalue weighted by molar-refractivity contribution is 1.16. The summed E-state index contributed by atoms with van der Waals surface area (Å²) in [6.45, 7) is 7.42. The van der Waals surface area contributed by atoms with E-state index in [1.807, 2.05) is 11.8 Å². The van der Waals surface area contributed by atoms with Gasteiger partial charge in [0.15, 0.2) is 0 Å². The average molecular weight is 953 g/mol. The Labute approximate surface area is 427 Å². The lowest BCUT2D eigenvalue weighted by Crippen LogP contribution is -2.68. The van der Waals surface area contributed by atoms with Crippen molar-refractivity contribution in [3.8, 4) is 22.3 Å². The summed E-state index contributed by atoms with van der Waals surface area (Å²) in [6, 6.07) is 80.9. The Morgan fingerprint density at radius 1 is 0.403 bits per heavy atom. The summed E-state index contributed by atoms with van der Waals surface area (Å²) < 4.78 is 0. The Hall–Kier alpha value is -7.90. The Bertz CT molecular complexity index is 3990. The molecule has 0 N–H and O–H groups in total. The molecule has 72 heavy (non-hydrogen) atoms. The minimum absolute atomic E-state index is 0.000599. The fourth-order valence-corrected chi connectivity index (χ4v) is 17.7. The van der Waals surface area contributed by atoms with Gasteiger partial charge in [0.05, 0.1) is 5.69 Å². The number of aryl methyl sites for hydroxylation is 1. The van der Waals surface area contributed by atoms with Gasteiger partial charge in [-0.1, -0.05) is 164 Å². The first-order chi connectivity index (χ1) is 35.4. The second-order valence-electron chi connectivity index (χ2n) is 20.9. The summed E-state index contributed by atoms with van der Waals surface area (Å²) in [4.78, 5) is 13.1. The number of fused-ring (bicyclic) bond motifs is 12. The molecule has 0 bridgehead atoms. The van der Waals surface area contributed by atoms with Crippen LogP contribution < -0.4 is 51.6 Å². The van der Waals surface area contributed by atoms with Crippen LogP contribution in [0.1, 0.15) is 16.7 Å². The van der Waals surface area contributed by atoms with Gasteiger partial charge < -0.3 is 19.4 Å². The molecule has 0 amide bonds. The second kappa shape index (κ2) is 14.8. The van der Waals surface area contributed by atoms with Gasteiger partial charge in [0, 0.05) is 72.1 Å². The molecule has 0 fully saturated rings. The Balaban J connectivity index is 0.907. The fourth-order valence-electron chi connectivity index (χ4n) is 13.7. The van der Waals surface area contributed by atoms with E-state index in [1.54, 1.807) is 0 Å². The van der Waals surface area contributed by atoms with Gasteiger partial charge in [0.1, 0.15) is 8.07 Å². The molecule has 10 aromatic carbocycles. The zero-order valence-corrected chi connectivity index (χ0v) is 42.1. The van der Waals surface area contributed by atoms with Gasteiger partial charge in [-0.15, -0.1) is 0 Å². The minimum atomic E-state index is -2.19. The minimum Gasteiger partial charge on any atom is -0.377 e. The molecule has 6 aliphatic rings. The average Bonchev–Trinajstić information content (AvgIpc) is 3.41.